The highest BCUT2D eigenvalue weighted by Crippen LogP contribution is 2.35. The fourth-order valence-corrected chi connectivity index (χ4v) is 6.56. The number of halogens is 3. The number of piperidine rings is 1. The van der Waals surface area contributed by atoms with Crippen LogP contribution in [0.1, 0.15) is 61.7 Å². The number of carbonyl (C=O) groups excluding carboxylic acids is 2. The Labute approximate surface area is 241 Å². The summed E-state index contributed by atoms with van der Waals surface area (Å²) < 4.78 is 62.8. The van der Waals surface area contributed by atoms with E-state index in [0.29, 0.717) is 11.4 Å². The number of amides is 1. The lowest BCUT2D eigenvalue weighted by Gasteiger charge is -2.48. The van der Waals surface area contributed by atoms with Gasteiger partial charge in [-0.2, -0.15) is 13.2 Å². The standard InChI is InChI=1S/C28H32F3N5O5S/c29-28(30,31)26(38)41-36-23-11-10-20(17-22(23)24(34-36)19-8-7-9-21(16-19)42(32,39)40)25(37)33-18-27(12-3-1-4-13-27)35-14-5-2-6-15-35/h7-11,16-17H,1-6,12-15,18H2,(H,33,37)(H2,32,39,40). The Hall–Kier alpha value is -3.49. The zero-order valence-corrected chi connectivity index (χ0v) is 23.6. The Kier molecular flexibility index (Phi) is 8.32. The number of primary sulfonamides is 1. The van der Waals surface area contributed by atoms with Crippen molar-refractivity contribution < 1.29 is 36.0 Å². The van der Waals surface area contributed by atoms with Crippen LogP contribution in [0.4, 0.5) is 13.2 Å². The molecule has 1 aliphatic carbocycles. The van der Waals surface area contributed by atoms with E-state index in [-0.39, 0.29) is 44.1 Å². The van der Waals surface area contributed by atoms with Gasteiger partial charge >= 0.3 is 12.1 Å². The van der Waals surface area contributed by atoms with Gasteiger partial charge in [0.2, 0.25) is 10.0 Å². The summed E-state index contributed by atoms with van der Waals surface area (Å²) in [5, 5.41) is 12.5. The van der Waals surface area contributed by atoms with Gasteiger partial charge in [-0.15, -0.1) is 5.10 Å². The Morgan fingerprint density at radius 3 is 2.36 bits per heavy atom. The first-order valence-electron chi connectivity index (χ1n) is 13.9. The van der Waals surface area contributed by atoms with Crippen LogP contribution in [0.15, 0.2) is 47.4 Å². The zero-order chi connectivity index (χ0) is 30.1. The highest BCUT2D eigenvalue weighted by molar-refractivity contribution is 7.89. The van der Waals surface area contributed by atoms with E-state index in [0.717, 1.165) is 51.6 Å². The quantitative estimate of drug-likeness (QED) is 0.417. The summed E-state index contributed by atoms with van der Waals surface area (Å²) in [6, 6.07) is 9.50. The van der Waals surface area contributed by atoms with Crippen molar-refractivity contribution in [1.29, 1.82) is 0 Å². The van der Waals surface area contributed by atoms with Crippen LogP contribution in [0.2, 0.25) is 0 Å². The van der Waals surface area contributed by atoms with E-state index < -0.39 is 22.2 Å². The summed E-state index contributed by atoms with van der Waals surface area (Å²) in [7, 11) is -4.11. The van der Waals surface area contributed by atoms with Gasteiger partial charge in [-0.3, -0.25) is 9.69 Å². The van der Waals surface area contributed by atoms with E-state index in [1.165, 1.54) is 55.3 Å². The minimum Gasteiger partial charge on any atom is -0.350 e. The predicted molar refractivity (Wildman–Crippen MR) is 148 cm³/mol. The molecule has 10 nitrogen and oxygen atoms in total. The maximum atomic E-state index is 13.4. The van der Waals surface area contributed by atoms with Gasteiger partial charge < -0.3 is 10.2 Å². The second-order valence-electron chi connectivity index (χ2n) is 10.9. The highest BCUT2D eigenvalue weighted by Gasteiger charge is 2.43. The molecule has 226 valence electrons. The molecule has 0 spiro atoms. The molecule has 1 aliphatic heterocycles. The van der Waals surface area contributed by atoms with Gasteiger partial charge in [0.25, 0.3) is 5.91 Å². The Balaban J connectivity index is 1.49. The van der Waals surface area contributed by atoms with Gasteiger partial charge in [0.05, 0.1) is 4.90 Å². The largest absolute Gasteiger partial charge is 0.493 e. The summed E-state index contributed by atoms with van der Waals surface area (Å²) in [5.74, 6) is -2.86. The average Bonchev–Trinajstić information content (AvgIpc) is 3.33. The number of hydrogen-bond acceptors (Lipinski definition) is 7. The number of nitrogens with one attached hydrogen (secondary N) is 1. The van der Waals surface area contributed by atoms with Gasteiger partial charge in [0.15, 0.2) is 0 Å². The molecule has 0 radical (unpaired) electrons. The normalized spacial score (nSPS) is 18.1. The highest BCUT2D eigenvalue weighted by atomic mass is 32.2. The van der Waals surface area contributed by atoms with Crippen LogP contribution >= 0.6 is 0 Å². The minimum atomic E-state index is -5.28. The number of likely N-dealkylation sites (tertiary alicyclic amines) is 1. The summed E-state index contributed by atoms with van der Waals surface area (Å²) in [6.45, 7) is 2.47. The van der Waals surface area contributed by atoms with E-state index in [1.54, 1.807) is 0 Å². The molecular weight excluding hydrogens is 575 g/mol. The maximum Gasteiger partial charge on any atom is 0.493 e. The van der Waals surface area contributed by atoms with Crippen LogP contribution in [0.25, 0.3) is 22.2 Å². The molecule has 1 saturated heterocycles. The second-order valence-corrected chi connectivity index (χ2v) is 12.5. The summed E-state index contributed by atoms with van der Waals surface area (Å²) >= 11 is 0. The van der Waals surface area contributed by atoms with E-state index in [1.807, 2.05) is 0 Å². The maximum absolute atomic E-state index is 13.4. The van der Waals surface area contributed by atoms with Crippen molar-refractivity contribution in [2.75, 3.05) is 19.6 Å². The van der Waals surface area contributed by atoms with Crippen LogP contribution in [0, 0.1) is 0 Å². The third kappa shape index (κ3) is 6.30. The fourth-order valence-electron chi connectivity index (χ4n) is 6.00. The number of nitrogens with zero attached hydrogens (tertiary/aromatic N) is 3. The molecule has 2 heterocycles. The van der Waals surface area contributed by atoms with Crippen LogP contribution in [-0.4, -0.2) is 66.5 Å². The number of alkyl halides is 3. The van der Waals surface area contributed by atoms with Crippen molar-refractivity contribution in [3.63, 3.8) is 0 Å². The van der Waals surface area contributed by atoms with Crippen molar-refractivity contribution in [3.8, 4) is 11.3 Å². The summed E-state index contributed by atoms with van der Waals surface area (Å²) in [5.41, 5.74) is 0.248. The molecule has 1 amide bonds. The molecule has 1 saturated carbocycles. The SMILES string of the molecule is NS(=O)(=O)c1cccc(-c2nn(OC(=O)C(F)(F)F)c3ccc(C(=O)NCC4(N5CCCCC5)CCCCC4)cc23)c1. The van der Waals surface area contributed by atoms with Crippen LogP contribution in [0.5, 0.6) is 0 Å². The number of benzene rings is 2. The third-order valence-corrected chi connectivity index (χ3v) is 9.05. The average molecular weight is 608 g/mol. The number of rotatable bonds is 7. The zero-order valence-electron chi connectivity index (χ0n) is 22.8. The van der Waals surface area contributed by atoms with E-state index >= 15 is 0 Å². The van der Waals surface area contributed by atoms with Gasteiger partial charge in [-0.05, 0) is 69.1 Å². The molecular formula is C28H32F3N5O5S. The fraction of sp³-hybridized carbons (Fsp3) is 0.464. The molecule has 2 aliphatic rings. The monoisotopic (exact) mass is 607 g/mol. The first-order valence-corrected chi connectivity index (χ1v) is 15.4. The molecule has 2 fully saturated rings. The van der Waals surface area contributed by atoms with Crippen LogP contribution < -0.4 is 15.3 Å². The van der Waals surface area contributed by atoms with Crippen LogP contribution in [0.3, 0.4) is 0 Å². The number of fused-ring (bicyclic) bond motifs is 1. The minimum absolute atomic E-state index is 0.00260. The number of sulfonamides is 1. The molecule has 5 rings (SSSR count). The van der Waals surface area contributed by atoms with E-state index in [4.69, 9.17) is 5.14 Å². The first kappa shape index (κ1) is 30.0. The Morgan fingerprint density at radius 2 is 1.69 bits per heavy atom. The van der Waals surface area contributed by atoms with E-state index in [2.05, 4.69) is 20.2 Å². The lowest BCUT2D eigenvalue weighted by Crippen LogP contribution is -2.58. The summed E-state index contributed by atoms with van der Waals surface area (Å²) in [4.78, 5) is 32.2. The predicted octanol–water partition coefficient (Wildman–Crippen LogP) is 3.79. The molecule has 2 aromatic carbocycles. The van der Waals surface area contributed by atoms with E-state index in [9.17, 15) is 31.2 Å². The molecule has 0 unspecified atom stereocenters. The lowest BCUT2D eigenvalue weighted by atomic mass is 9.79. The number of hydrogen-bond donors (Lipinski definition) is 2. The number of carbonyl (C=O) groups is 2. The Morgan fingerprint density at radius 1 is 1.00 bits per heavy atom. The van der Waals surface area contributed by atoms with Gasteiger partial charge in [-0.25, -0.2) is 18.4 Å². The van der Waals surface area contributed by atoms with Crippen molar-refractivity contribution in [2.24, 2.45) is 5.14 Å². The van der Waals surface area contributed by atoms with Crippen molar-refractivity contribution in [3.05, 3.63) is 48.0 Å². The number of aromatic nitrogens is 2. The molecule has 3 N–H and O–H groups in total. The van der Waals surface area contributed by atoms with Gasteiger partial charge in [0, 0.05) is 28.6 Å². The molecule has 0 atom stereocenters. The second kappa shape index (κ2) is 11.7. The lowest BCUT2D eigenvalue weighted by molar-refractivity contribution is -0.200. The molecule has 3 aromatic rings. The third-order valence-electron chi connectivity index (χ3n) is 8.14. The smallest absolute Gasteiger partial charge is 0.350 e. The van der Waals surface area contributed by atoms with Crippen molar-refractivity contribution >= 4 is 32.8 Å². The van der Waals surface area contributed by atoms with Crippen molar-refractivity contribution in [2.45, 2.75) is 68.0 Å². The topological polar surface area (TPSA) is 137 Å². The molecule has 0 bridgehead atoms. The van der Waals surface area contributed by atoms with Crippen molar-refractivity contribution in [1.82, 2.24) is 20.2 Å². The van der Waals surface area contributed by atoms with Gasteiger partial charge in [-0.1, -0.05) is 42.7 Å². The Bertz CT molecular complexity index is 1590. The number of nitrogens with two attached hydrogens (primary N) is 1. The first-order chi connectivity index (χ1) is 19.9. The molecule has 1 aromatic heterocycles. The molecule has 42 heavy (non-hydrogen) atoms. The summed E-state index contributed by atoms with van der Waals surface area (Å²) in [6.07, 6.45) is 3.52. The van der Waals surface area contributed by atoms with Gasteiger partial charge in [0.1, 0.15) is 11.2 Å². The molecule has 14 heteroatoms. The van der Waals surface area contributed by atoms with Crippen LogP contribution in [-0.2, 0) is 14.8 Å².